The van der Waals surface area contributed by atoms with Crippen LogP contribution >= 0.6 is 0 Å². The Kier molecular flexibility index (Phi) is 3.48. The first-order valence-corrected chi connectivity index (χ1v) is 6.06. The van der Waals surface area contributed by atoms with Crippen LogP contribution in [0.15, 0.2) is 22.8 Å². The Morgan fingerprint density at radius 1 is 1.38 bits per heavy atom. The Balaban J connectivity index is 2.82. The van der Waals surface area contributed by atoms with Gasteiger partial charge in [0.15, 0.2) is 0 Å². The van der Waals surface area contributed by atoms with Crippen LogP contribution in [0.4, 0.5) is 0 Å². The maximum Gasteiger partial charge on any atom is 0.0570 e. The normalized spacial score (nSPS) is 28.9. The summed E-state index contributed by atoms with van der Waals surface area (Å²) >= 11 is 0. The molecule has 0 aromatic heterocycles. The van der Waals surface area contributed by atoms with Gasteiger partial charge in [-0.3, -0.25) is 4.21 Å². The first-order valence-electron chi connectivity index (χ1n) is 4.68. The standard InChI is InChI=1S/C11H18OS/c1-8(2)5-11-6-9(3)10(4)7-13(11)12/h5,11H,6-7H2,1-4H3/t11-,13+/m1/s1. The van der Waals surface area contributed by atoms with Gasteiger partial charge in [-0.1, -0.05) is 22.8 Å². The van der Waals surface area contributed by atoms with E-state index in [4.69, 9.17) is 0 Å². The first kappa shape index (κ1) is 10.7. The topological polar surface area (TPSA) is 17.1 Å². The lowest BCUT2D eigenvalue weighted by atomic mass is 10.1. The van der Waals surface area contributed by atoms with Crippen molar-refractivity contribution >= 4 is 10.8 Å². The summed E-state index contributed by atoms with van der Waals surface area (Å²) in [6, 6.07) is 0. The van der Waals surface area contributed by atoms with Crippen LogP contribution in [0.2, 0.25) is 0 Å². The highest BCUT2D eigenvalue weighted by Gasteiger charge is 2.21. The molecule has 1 aliphatic rings. The van der Waals surface area contributed by atoms with E-state index in [9.17, 15) is 4.21 Å². The summed E-state index contributed by atoms with van der Waals surface area (Å²) in [7, 11) is -0.684. The largest absolute Gasteiger partial charge is 0.259 e. The van der Waals surface area contributed by atoms with Gasteiger partial charge >= 0.3 is 0 Å². The number of hydrogen-bond acceptors (Lipinski definition) is 1. The van der Waals surface area contributed by atoms with Gasteiger partial charge < -0.3 is 0 Å². The molecule has 0 bridgehead atoms. The molecular weight excluding hydrogens is 180 g/mol. The summed E-state index contributed by atoms with van der Waals surface area (Å²) in [4.78, 5) is 0. The van der Waals surface area contributed by atoms with Crippen LogP contribution in [0.5, 0.6) is 0 Å². The van der Waals surface area contributed by atoms with Crippen LogP contribution in [0, 0.1) is 0 Å². The van der Waals surface area contributed by atoms with Crippen molar-refractivity contribution in [2.75, 3.05) is 5.75 Å². The van der Waals surface area contributed by atoms with Gasteiger partial charge in [0, 0.05) is 16.6 Å². The maximum atomic E-state index is 11.7. The van der Waals surface area contributed by atoms with Gasteiger partial charge in [-0.05, 0) is 34.1 Å². The lowest BCUT2D eigenvalue weighted by Crippen LogP contribution is -2.22. The summed E-state index contributed by atoms with van der Waals surface area (Å²) in [6.07, 6.45) is 3.12. The molecular formula is C11H18OS. The van der Waals surface area contributed by atoms with Crippen molar-refractivity contribution in [3.05, 3.63) is 22.8 Å². The molecule has 0 radical (unpaired) electrons. The third kappa shape index (κ3) is 2.80. The molecule has 0 aromatic rings. The number of allylic oxidation sites excluding steroid dienone is 2. The van der Waals surface area contributed by atoms with Crippen LogP contribution in [-0.4, -0.2) is 15.2 Å². The van der Waals surface area contributed by atoms with Crippen molar-refractivity contribution in [2.24, 2.45) is 0 Å². The molecule has 0 unspecified atom stereocenters. The molecule has 1 aliphatic heterocycles. The molecule has 0 amide bonds. The second-order valence-corrected chi connectivity index (χ2v) is 5.73. The Hall–Kier alpha value is -0.370. The van der Waals surface area contributed by atoms with Gasteiger partial charge in [0.2, 0.25) is 0 Å². The van der Waals surface area contributed by atoms with Gasteiger partial charge in [0.25, 0.3) is 0 Å². The van der Waals surface area contributed by atoms with Gasteiger partial charge in [-0.2, -0.15) is 0 Å². The van der Waals surface area contributed by atoms with E-state index >= 15 is 0 Å². The van der Waals surface area contributed by atoms with Crippen molar-refractivity contribution in [3.8, 4) is 0 Å². The molecule has 0 aromatic carbocycles. The summed E-state index contributed by atoms with van der Waals surface area (Å²) in [6.45, 7) is 8.37. The molecule has 1 heterocycles. The smallest absolute Gasteiger partial charge is 0.0570 e. The van der Waals surface area contributed by atoms with Gasteiger partial charge in [-0.25, -0.2) is 0 Å². The number of hydrogen-bond donors (Lipinski definition) is 0. The average Bonchev–Trinajstić information content (AvgIpc) is 1.99. The molecule has 13 heavy (non-hydrogen) atoms. The minimum atomic E-state index is -0.684. The van der Waals surface area contributed by atoms with Crippen LogP contribution in [0.25, 0.3) is 0 Å². The molecule has 0 N–H and O–H groups in total. The van der Waals surface area contributed by atoms with Crippen LogP contribution in [0.1, 0.15) is 34.1 Å². The van der Waals surface area contributed by atoms with Crippen LogP contribution in [0.3, 0.4) is 0 Å². The van der Waals surface area contributed by atoms with Crippen molar-refractivity contribution in [1.82, 2.24) is 0 Å². The Bertz CT molecular complexity index is 282. The Morgan fingerprint density at radius 2 is 2.00 bits per heavy atom. The van der Waals surface area contributed by atoms with Crippen LogP contribution < -0.4 is 0 Å². The molecule has 0 saturated heterocycles. The molecule has 0 saturated carbocycles. The third-order valence-electron chi connectivity index (χ3n) is 2.45. The average molecular weight is 198 g/mol. The van der Waals surface area contributed by atoms with E-state index in [0.29, 0.717) is 0 Å². The summed E-state index contributed by atoms with van der Waals surface area (Å²) < 4.78 is 11.7. The first-order chi connectivity index (χ1) is 6.00. The molecule has 74 valence electrons. The van der Waals surface area contributed by atoms with Gasteiger partial charge in [-0.15, -0.1) is 0 Å². The zero-order chi connectivity index (χ0) is 10.0. The number of rotatable bonds is 1. The van der Waals surface area contributed by atoms with E-state index in [2.05, 4.69) is 33.8 Å². The third-order valence-corrected chi connectivity index (χ3v) is 4.15. The van der Waals surface area contributed by atoms with Gasteiger partial charge in [0.05, 0.1) is 5.25 Å². The van der Waals surface area contributed by atoms with Crippen molar-refractivity contribution in [3.63, 3.8) is 0 Å². The van der Waals surface area contributed by atoms with E-state index in [-0.39, 0.29) is 5.25 Å². The second-order valence-electron chi connectivity index (χ2n) is 4.07. The molecule has 2 atom stereocenters. The Labute approximate surface area is 83.4 Å². The predicted octanol–water partition coefficient (Wildman–Crippen LogP) is 2.81. The van der Waals surface area contributed by atoms with E-state index in [0.717, 1.165) is 12.2 Å². The zero-order valence-corrected chi connectivity index (χ0v) is 9.70. The van der Waals surface area contributed by atoms with Crippen molar-refractivity contribution in [1.29, 1.82) is 0 Å². The molecule has 1 nitrogen and oxygen atoms in total. The predicted molar refractivity (Wildman–Crippen MR) is 59.2 cm³/mol. The quantitative estimate of drug-likeness (QED) is 0.592. The van der Waals surface area contributed by atoms with Crippen molar-refractivity contribution < 1.29 is 4.21 Å². The van der Waals surface area contributed by atoms with Gasteiger partial charge in [0.1, 0.15) is 0 Å². The van der Waals surface area contributed by atoms with E-state index in [1.807, 2.05) is 0 Å². The van der Waals surface area contributed by atoms with Crippen molar-refractivity contribution in [2.45, 2.75) is 39.4 Å². The summed E-state index contributed by atoms with van der Waals surface area (Å²) in [5.74, 6) is 0.764. The zero-order valence-electron chi connectivity index (χ0n) is 8.89. The monoisotopic (exact) mass is 198 g/mol. The molecule has 0 fully saturated rings. The SMILES string of the molecule is CC(C)=C[C@@H]1CC(C)=C(C)C[S@@]1=O. The minimum absolute atomic E-state index is 0.258. The van der Waals surface area contributed by atoms with E-state index in [1.165, 1.54) is 16.7 Å². The highest BCUT2D eigenvalue weighted by molar-refractivity contribution is 7.86. The summed E-state index contributed by atoms with van der Waals surface area (Å²) in [5, 5.41) is 0.258. The fraction of sp³-hybridized carbons (Fsp3) is 0.636. The maximum absolute atomic E-state index is 11.7. The second kappa shape index (κ2) is 4.23. The lowest BCUT2D eigenvalue weighted by molar-refractivity contribution is 0.674. The van der Waals surface area contributed by atoms with Crippen LogP contribution in [-0.2, 0) is 10.8 Å². The molecule has 0 aliphatic carbocycles. The summed E-state index contributed by atoms with van der Waals surface area (Å²) in [5.41, 5.74) is 4.00. The highest BCUT2D eigenvalue weighted by Crippen LogP contribution is 2.23. The fourth-order valence-electron chi connectivity index (χ4n) is 1.52. The minimum Gasteiger partial charge on any atom is -0.259 e. The lowest BCUT2D eigenvalue weighted by Gasteiger charge is -2.21. The Morgan fingerprint density at radius 3 is 2.54 bits per heavy atom. The molecule has 2 heteroatoms. The molecule has 1 rings (SSSR count). The molecule has 0 spiro atoms. The van der Waals surface area contributed by atoms with E-state index in [1.54, 1.807) is 0 Å². The van der Waals surface area contributed by atoms with E-state index < -0.39 is 10.8 Å². The highest BCUT2D eigenvalue weighted by atomic mass is 32.2. The fourth-order valence-corrected chi connectivity index (χ4v) is 3.27.